The van der Waals surface area contributed by atoms with Crippen LogP contribution in [-0.2, 0) is 11.2 Å². The first kappa shape index (κ1) is 17.7. The van der Waals surface area contributed by atoms with Crippen molar-refractivity contribution in [3.8, 4) is 0 Å². The number of alkyl halides is 3. The zero-order valence-corrected chi connectivity index (χ0v) is 14.4. The Bertz CT molecular complexity index is 814. The molecule has 0 aliphatic carbocycles. The second-order valence-electron chi connectivity index (χ2n) is 7.15. The Morgan fingerprint density at radius 2 is 1.96 bits per heavy atom. The molecule has 0 saturated carbocycles. The molecule has 1 atom stereocenters. The van der Waals surface area contributed by atoms with Gasteiger partial charge in [-0.2, -0.15) is 13.2 Å². The van der Waals surface area contributed by atoms with Crippen LogP contribution in [-0.4, -0.2) is 23.6 Å². The van der Waals surface area contributed by atoms with E-state index in [0.29, 0.717) is 0 Å². The molecular formula is C19H21F3N2O. The molecular weight excluding hydrogens is 329 g/mol. The normalized spacial score (nSPS) is 19.2. The van der Waals surface area contributed by atoms with E-state index >= 15 is 0 Å². The molecule has 134 valence electrons. The van der Waals surface area contributed by atoms with Crippen LogP contribution in [0.25, 0.3) is 10.8 Å². The van der Waals surface area contributed by atoms with E-state index < -0.39 is 23.5 Å². The third-order valence-corrected chi connectivity index (χ3v) is 4.74. The highest BCUT2D eigenvalue weighted by atomic mass is 19.4. The highest BCUT2D eigenvalue weighted by Gasteiger charge is 2.51. The van der Waals surface area contributed by atoms with Crippen LogP contribution in [0.1, 0.15) is 37.9 Å². The van der Waals surface area contributed by atoms with Crippen molar-refractivity contribution in [1.82, 2.24) is 10.4 Å². The monoisotopic (exact) mass is 350 g/mol. The average molecular weight is 350 g/mol. The lowest BCUT2D eigenvalue weighted by atomic mass is 9.93. The van der Waals surface area contributed by atoms with E-state index in [9.17, 15) is 18.0 Å². The highest BCUT2D eigenvalue weighted by molar-refractivity contribution is 5.86. The number of rotatable bonds is 3. The number of hydrogen-bond acceptors (Lipinski definition) is 2. The number of hydrogen-bond donors (Lipinski definition) is 1. The molecule has 0 aromatic heterocycles. The van der Waals surface area contributed by atoms with Gasteiger partial charge >= 0.3 is 6.18 Å². The fourth-order valence-corrected chi connectivity index (χ4v) is 3.37. The highest BCUT2D eigenvalue weighted by Crippen LogP contribution is 2.41. The summed E-state index contributed by atoms with van der Waals surface area (Å²) in [5.74, 6) is -0.393. The van der Waals surface area contributed by atoms with Crippen molar-refractivity contribution in [2.24, 2.45) is 5.41 Å². The van der Waals surface area contributed by atoms with E-state index in [1.807, 2.05) is 25.1 Å². The van der Waals surface area contributed by atoms with Crippen LogP contribution in [0, 0.1) is 5.41 Å². The molecule has 1 aliphatic heterocycles. The van der Waals surface area contributed by atoms with Crippen molar-refractivity contribution in [3.63, 3.8) is 0 Å². The largest absolute Gasteiger partial charge is 0.409 e. The second kappa shape index (κ2) is 6.02. The Morgan fingerprint density at radius 3 is 2.52 bits per heavy atom. The third-order valence-electron chi connectivity index (χ3n) is 4.74. The summed E-state index contributed by atoms with van der Waals surface area (Å²) in [6, 6.07) is 8.61. The zero-order valence-electron chi connectivity index (χ0n) is 14.4. The Kier molecular flexibility index (Phi) is 4.27. The van der Waals surface area contributed by atoms with E-state index in [4.69, 9.17) is 0 Å². The van der Waals surface area contributed by atoms with Crippen molar-refractivity contribution in [1.29, 1.82) is 0 Å². The van der Waals surface area contributed by atoms with E-state index in [2.05, 4.69) is 5.43 Å². The van der Waals surface area contributed by atoms with Gasteiger partial charge in [-0.15, -0.1) is 0 Å². The minimum Gasteiger partial charge on any atom is -0.287 e. The van der Waals surface area contributed by atoms with Crippen molar-refractivity contribution < 1.29 is 18.0 Å². The molecule has 1 N–H and O–H groups in total. The number of fused-ring (bicyclic) bond motifs is 1. The van der Waals surface area contributed by atoms with Gasteiger partial charge < -0.3 is 0 Å². The molecule has 3 nitrogen and oxygen atoms in total. The number of hydrazine groups is 1. The lowest BCUT2D eigenvalue weighted by Gasteiger charge is -2.30. The van der Waals surface area contributed by atoms with E-state index in [1.165, 1.54) is 6.07 Å². The number of aryl methyl sites for hydroxylation is 1. The lowest BCUT2D eigenvalue weighted by Crippen LogP contribution is -2.43. The van der Waals surface area contributed by atoms with Crippen LogP contribution in [0.2, 0.25) is 0 Å². The quantitative estimate of drug-likeness (QED) is 0.891. The summed E-state index contributed by atoms with van der Waals surface area (Å²) >= 11 is 0. The summed E-state index contributed by atoms with van der Waals surface area (Å²) in [5.41, 5.74) is 2.77. The van der Waals surface area contributed by atoms with Gasteiger partial charge in [-0.05, 0) is 48.2 Å². The summed E-state index contributed by atoms with van der Waals surface area (Å²) in [5, 5.41) is 2.74. The fraction of sp³-hybridized carbons (Fsp3) is 0.421. The molecule has 0 spiro atoms. The molecule has 1 saturated heterocycles. The first-order valence-corrected chi connectivity index (χ1v) is 8.29. The van der Waals surface area contributed by atoms with Crippen molar-refractivity contribution in [3.05, 3.63) is 47.5 Å². The number of amides is 1. The lowest BCUT2D eigenvalue weighted by molar-refractivity contribution is -0.191. The van der Waals surface area contributed by atoms with E-state index in [-0.39, 0.29) is 12.1 Å². The number of carbonyl (C=O) groups is 1. The van der Waals surface area contributed by atoms with Gasteiger partial charge in [0.15, 0.2) is 0 Å². The van der Waals surface area contributed by atoms with Gasteiger partial charge in [0, 0.05) is 6.54 Å². The molecule has 0 radical (unpaired) electrons. The van der Waals surface area contributed by atoms with Crippen LogP contribution in [0.5, 0.6) is 0 Å². The van der Waals surface area contributed by atoms with Crippen molar-refractivity contribution >= 4 is 16.7 Å². The SMILES string of the molecule is CCc1cccc2cc(C(N3CC(C)(C)C(=O)N3)C(F)(F)F)ccc12. The van der Waals surface area contributed by atoms with Gasteiger partial charge in [0.25, 0.3) is 0 Å². The van der Waals surface area contributed by atoms with Gasteiger partial charge in [0.2, 0.25) is 5.91 Å². The maximum Gasteiger partial charge on any atom is 0.409 e. The molecule has 1 heterocycles. The smallest absolute Gasteiger partial charge is 0.287 e. The van der Waals surface area contributed by atoms with Crippen LogP contribution >= 0.6 is 0 Å². The van der Waals surface area contributed by atoms with Gasteiger partial charge in [0.05, 0.1) is 5.41 Å². The molecule has 6 heteroatoms. The summed E-state index contributed by atoms with van der Waals surface area (Å²) in [4.78, 5) is 11.9. The van der Waals surface area contributed by atoms with Crippen LogP contribution in [0.3, 0.4) is 0 Å². The number of nitrogens with one attached hydrogen (secondary N) is 1. The standard InChI is InChI=1S/C19H21F3N2O/c1-4-12-6-5-7-13-10-14(8-9-15(12)13)16(19(20,21)22)24-11-18(2,3)17(25)23-24/h5-10,16H,4,11H2,1-3H3,(H,23,25). The molecule has 0 bridgehead atoms. The van der Waals surface area contributed by atoms with Crippen molar-refractivity contribution in [2.45, 2.75) is 39.4 Å². The summed E-state index contributed by atoms with van der Waals surface area (Å²) in [6.45, 7) is 5.31. The summed E-state index contributed by atoms with van der Waals surface area (Å²) in [6.07, 6.45) is -3.68. The number of halogens is 3. The first-order chi connectivity index (χ1) is 11.6. The predicted molar refractivity (Wildman–Crippen MR) is 90.8 cm³/mol. The average Bonchev–Trinajstić information content (AvgIpc) is 2.78. The minimum absolute atomic E-state index is 0.00302. The topological polar surface area (TPSA) is 32.3 Å². The molecule has 25 heavy (non-hydrogen) atoms. The van der Waals surface area contributed by atoms with Crippen molar-refractivity contribution in [2.75, 3.05) is 6.54 Å². The van der Waals surface area contributed by atoms with Crippen LogP contribution in [0.15, 0.2) is 36.4 Å². The Balaban J connectivity index is 2.06. The molecule has 2 aromatic rings. The Labute approximate surface area is 144 Å². The number of benzene rings is 2. The van der Waals surface area contributed by atoms with Gasteiger partial charge in [-0.3, -0.25) is 10.2 Å². The molecule has 1 fully saturated rings. The third kappa shape index (κ3) is 3.23. The van der Waals surface area contributed by atoms with Gasteiger partial charge in [-0.25, -0.2) is 5.01 Å². The molecule has 3 rings (SSSR count). The summed E-state index contributed by atoms with van der Waals surface area (Å²) in [7, 11) is 0. The molecule has 2 aromatic carbocycles. The van der Waals surface area contributed by atoms with Crippen LogP contribution in [0.4, 0.5) is 13.2 Å². The molecule has 1 amide bonds. The fourth-order valence-electron chi connectivity index (χ4n) is 3.37. The zero-order chi connectivity index (χ0) is 18.4. The Morgan fingerprint density at radius 1 is 1.24 bits per heavy atom. The van der Waals surface area contributed by atoms with Crippen LogP contribution < -0.4 is 5.43 Å². The predicted octanol–water partition coefficient (Wildman–Crippen LogP) is 4.38. The van der Waals surface area contributed by atoms with Gasteiger partial charge in [0.1, 0.15) is 6.04 Å². The van der Waals surface area contributed by atoms with E-state index in [0.717, 1.165) is 27.8 Å². The Hall–Kier alpha value is -2.08. The summed E-state index contributed by atoms with van der Waals surface area (Å²) < 4.78 is 41.4. The number of nitrogens with zero attached hydrogens (tertiary/aromatic N) is 1. The number of carbonyl (C=O) groups excluding carboxylic acids is 1. The van der Waals surface area contributed by atoms with E-state index in [1.54, 1.807) is 26.0 Å². The minimum atomic E-state index is -4.50. The maximum atomic E-state index is 13.8. The molecule has 1 aliphatic rings. The second-order valence-corrected chi connectivity index (χ2v) is 7.15. The first-order valence-electron chi connectivity index (χ1n) is 8.29. The van der Waals surface area contributed by atoms with Gasteiger partial charge in [-0.1, -0.05) is 37.3 Å². The maximum absolute atomic E-state index is 13.8. The molecule has 1 unspecified atom stereocenters.